The minimum Gasteiger partial charge on any atom is -0.322 e. The Hall–Kier alpha value is -1.77. The Kier molecular flexibility index (Phi) is 4.82. The molecule has 0 radical (unpaired) electrons. The van der Waals surface area contributed by atoms with E-state index in [0.29, 0.717) is 16.9 Å². The first kappa shape index (κ1) is 18.6. The molecule has 0 aromatic carbocycles. The number of fused-ring (bicyclic) bond motifs is 3. The maximum Gasteiger partial charge on any atom is 0.282 e. The fraction of sp³-hybridized carbons (Fsp3) is 0.421. The first-order valence-corrected chi connectivity index (χ1v) is 11.2. The van der Waals surface area contributed by atoms with Crippen molar-refractivity contribution in [1.29, 1.82) is 0 Å². The highest BCUT2D eigenvalue weighted by atomic mass is 32.1. The van der Waals surface area contributed by atoms with Gasteiger partial charge in [-0.1, -0.05) is 13.8 Å². The van der Waals surface area contributed by atoms with Gasteiger partial charge in [0.15, 0.2) is 0 Å². The van der Waals surface area contributed by atoms with Crippen molar-refractivity contribution in [2.75, 3.05) is 5.43 Å². The van der Waals surface area contributed by atoms with E-state index in [1.807, 2.05) is 19.2 Å². The van der Waals surface area contributed by atoms with Crippen LogP contribution >= 0.6 is 34.9 Å². The van der Waals surface area contributed by atoms with Crippen LogP contribution in [0.2, 0.25) is 0 Å². The minimum atomic E-state index is -0.296. The Balaban J connectivity index is 1.79. The van der Waals surface area contributed by atoms with Crippen LogP contribution in [-0.2, 0) is 19.3 Å². The van der Waals surface area contributed by atoms with Crippen molar-refractivity contribution in [3.8, 4) is 0 Å². The Bertz CT molecular complexity index is 1170. The maximum atomic E-state index is 13.2. The molecule has 0 saturated carbocycles. The normalized spacial score (nSPS) is 16.5. The summed E-state index contributed by atoms with van der Waals surface area (Å²) in [4.78, 5) is 32.3. The molecule has 0 aliphatic heterocycles. The second-order valence-electron chi connectivity index (χ2n) is 7.11. The molecule has 4 rings (SSSR count). The van der Waals surface area contributed by atoms with Gasteiger partial charge in [-0.25, -0.2) is 0 Å². The summed E-state index contributed by atoms with van der Waals surface area (Å²) in [6, 6.07) is 0. The summed E-state index contributed by atoms with van der Waals surface area (Å²) >= 11 is 8.53. The van der Waals surface area contributed by atoms with E-state index in [-0.39, 0.29) is 16.2 Å². The van der Waals surface area contributed by atoms with Crippen LogP contribution in [0.1, 0.15) is 51.5 Å². The fourth-order valence-electron chi connectivity index (χ4n) is 3.79. The number of H-pyrrole nitrogens is 1. The lowest BCUT2D eigenvalue weighted by Gasteiger charge is -2.17. The molecule has 142 valence electrons. The van der Waals surface area contributed by atoms with E-state index in [2.05, 4.69) is 17.3 Å². The maximum absolute atomic E-state index is 13.2. The zero-order valence-electron chi connectivity index (χ0n) is 15.5. The largest absolute Gasteiger partial charge is 0.322 e. The molecular formula is C19H21N3O2S3. The summed E-state index contributed by atoms with van der Waals surface area (Å²) in [7, 11) is 0. The van der Waals surface area contributed by atoms with Crippen LogP contribution in [-0.4, -0.2) is 15.6 Å². The third-order valence-corrected chi connectivity index (χ3v) is 7.68. The molecule has 3 aromatic heterocycles. The molecule has 1 atom stereocenters. The van der Waals surface area contributed by atoms with Gasteiger partial charge in [-0.2, -0.15) is 4.68 Å². The number of amides is 1. The Morgan fingerprint density at radius 1 is 1.48 bits per heavy atom. The average molecular weight is 420 g/mol. The predicted molar refractivity (Wildman–Crippen MR) is 115 cm³/mol. The van der Waals surface area contributed by atoms with Gasteiger partial charge in [-0.3, -0.25) is 15.0 Å². The number of nitrogens with zero attached hydrogens (tertiary/aromatic N) is 1. The van der Waals surface area contributed by atoms with E-state index < -0.39 is 0 Å². The van der Waals surface area contributed by atoms with Crippen LogP contribution in [0.25, 0.3) is 10.2 Å². The van der Waals surface area contributed by atoms with Crippen molar-refractivity contribution < 1.29 is 4.79 Å². The number of hydrogen-bond donors (Lipinski definition) is 2. The molecule has 0 bridgehead atoms. The summed E-state index contributed by atoms with van der Waals surface area (Å²) in [5, 5.41) is 2.52. The molecular weight excluding hydrogens is 398 g/mol. The minimum absolute atomic E-state index is 0.220. The number of rotatable bonds is 3. The van der Waals surface area contributed by atoms with E-state index in [0.717, 1.165) is 46.5 Å². The highest BCUT2D eigenvalue weighted by Crippen LogP contribution is 2.35. The van der Waals surface area contributed by atoms with Gasteiger partial charge in [0.05, 0.1) is 10.9 Å². The van der Waals surface area contributed by atoms with E-state index in [1.54, 1.807) is 22.7 Å². The average Bonchev–Trinajstić information content (AvgIpc) is 3.17. The SMILES string of the molecule is CCc1c(C(=O)Nn2c(=S)[nH]c3sc4c(c3c2=O)CCC(C)C4)csc1C. The van der Waals surface area contributed by atoms with Gasteiger partial charge in [0.2, 0.25) is 4.77 Å². The lowest BCUT2D eigenvalue weighted by Crippen LogP contribution is -2.34. The third kappa shape index (κ3) is 3.09. The van der Waals surface area contributed by atoms with Crippen LogP contribution in [0.4, 0.5) is 0 Å². The van der Waals surface area contributed by atoms with Crippen molar-refractivity contribution in [3.05, 3.63) is 46.9 Å². The topological polar surface area (TPSA) is 66.9 Å². The number of aromatic nitrogens is 2. The molecule has 2 N–H and O–H groups in total. The van der Waals surface area contributed by atoms with Crippen LogP contribution < -0.4 is 11.0 Å². The number of aromatic amines is 1. The van der Waals surface area contributed by atoms with Gasteiger partial charge in [-0.05, 0) is 61.9 Å². The molecule has 27 heavy (non-hydrogen) atoms. The third-order valence-electron chi connectivity index (χ3n) is 5.27. The van der Waals surface area contributed by atoms with Crippen molar-refractivity contribution in [2.24, 2.45) is 5.92 Å². The molecule has 1 amide bonds. The van der Waals surface area contributed by atoms with Gasteiger partial charge < -0.3 is 4.98 Å². The van der Waals surface area contributed by atoms with Gasteiger partial charge in [0.1, 0.15) is 4.83 Å². The first-order valence-electron chi connectivity index (χ1n) is 9.08. The van der Waals surface area contributed by atoms with Gasteiger partial charge in [-0.15, -0.1) is 22.7 Å². The molecule has 1 aliphatic carbocycles. The summed E-state index contributed by atoms with van der Waals surface area (Å²) in [6.07, 6.45) is 3.74. The van der Waals surface area contributed by atoms with Crippen molar-refractivity contribution in [2.45, 2.75) is 46.5 Å². The quantitative estimate of drug-likeness (QED) is 0.612. The van der Waals surface area contributed by atoms with Crippen molar-refractivity contribution >= 4 is 51.0 Å². The van der Waals surface area contributed by atoms with Crippen LogP contribution in [0.15, 0.2) is 10.2 Å². The molecule has 0 saturated heterocycles. The molecule has 3 aromatic rings. The highest BCUT2D eigenvalue weighted by Gasteiger charge is 2.24. The van der Waals surface area contributed by atoms with E-state index in [9.17, 15) is 9.59 Å². The highest BCUT2D eigenvalue weighted by molar-refractivity contribution is 7.71. The predicted octanol–water partition coefficient (Wildman–Crippen LogP) is 4.56. The zero-order valence-corrected chi connectivity index (χ0v) is 17.9. The fourth-order valence-corrected chi connectivity index (χ4v) is 6.43. The monoisotopic (exact) mass is 419 g/mol. The van der Waals surface area contributed by atoms with Crippen LogP contribution in [0.3, 0.4) is 0 Å². The molecule has 5 nitrogen and oxygen atoms in total. The molecule has 1 unspecified atom stereocenters. The smallest absolute Gasteiger partial charge is 0.282 e. The summed E-state index contributed by atoms with van der Waals surface area (Å²) in [6.45, 7) is 6.26. The standard InChI is InChI=1S/C19H21N3O2S3/c1-4-11-10(3)26-8-13(11)16(23)21-22-18(24)15-12-6-5-9(2)7-14(12)27-17(15)20-19(22)25/h8-9H,4-7H2,1-3H3,(H,20,25)(H,21,23). The summed E-state index contributed by atoms with van der Waals surface area (Å²) in [5.41, 5.74) is 5.23. The molecule has 0 spiro atoms. The number of hydrogen-bond acceptors (Lipinski definition) is 5. The number of nitrogens with one attached hydrogen (secondary N) is 2. The zero-order chi connectivity index (χ0) is 19.3. The first-order chi connectivity index (χ1) is 12.9. The summed E-state index contributed by atoms with van der Waals surface area (Å²) < 4.78 is 1.41. The van der Waals surface area contributed by atoms with Gasteiger partial charge in [0, 0.05) is 15.1 Å². The lowest BCUT2D eigenvalue weighted by atomic mass is 9.89. The van der Waals surface area contributed by atoms with E-state index in [1.165, 1.54) is 9.55 Å². The second-order valence-corrected chi connectivity index (χ2v) is 9.68. The van der Waals surface area contributed by atoms with Gasteiger partial charge >= 0.3 is 0 Å². The number of thiophene rings is 2. The lowest BCUT2D eigenvalue weighted by molar-refractivity contribution is 0.101. The number of carbonyl (C=O) groups excluding carboxylic acids is 1. The Labute approximate surface area is 170 Å². The van der Waals surface area contributed by atoms with Crippen LogP contribution in [0, 0.1) is 17.6 Å². The van der Waals surface area contributed by atoms with Crippen molar-refractivity contribution in [1.82, 2.24) is 9.66 Å². The Morgan fingerprint density at radius 3 is 3.00 bits per heavy atom. The van der Waals surface area contributed by atoms with E-state index in [4.69, 9.17) is 12.2 Å². The molecule has 3 heterocycles. The van der Waals surface area contributed by atoms with Crippen molar-refractivity contribution in [3.63, 3.8) is 0 Å². The molecule has 0 fully saturated rings. The molecule has 8 heteroatoms. The molecule has 1 aliphatic rings. The number of carbonyl (C=O) groups is 1. The van der Waals surface area contributed by atoms with E-state index >= 15 is 0 Å². The van der Waals surface area contributed by atoms with Crippen LogP contribution in [0.5, 0.6) is 0 Å². The second kappa shape index (κ2) is 7.00. The number of aryl methyl sites for hydroxylation is 2. The van der Waals surface area contributed by atoms with Gasteiger partial charge in [0.25, 0.3) is 11.5 Å². The Morgan fingerprint density at radius 2 is 2.26 bits per heavy atom. The summed E-state index contributed by atoms with van der Waals surface area (Å²) in [5.74, 6) is 0.333.